The normalized spacial score (nSPS) is 12.4. The summed E-state index contributed by atoms with van der Waals surface area (Å²) < 4.78 is 11.0. The third-order valence-electron chi connectivity index (χ3n) is 5.35. The van der Waals surface area contributed by atoms with E-state index in [1.807, 2.05) is 60.7 Å². The predicted octanol–water partition coefficient (Wildman–Crippen LogP) is 6.18. The third-order valence-corrected chi connectivity index (χ3v) is 5.35. The lowest BCUT2D eigenvalue weighted by molar-refractivity contribution is -0.136. The van der Waals surface area contributed by atoms with Crippen molar-refractivity contribution in [1.29, 1.82) is 0 Å². The van der Waals surface area contributed by atoms with Crippen LogP contribution < -0.4 is 10.1 Å². The molecule has 0 radical (unpaired) electrons. The molecule has 0 aliphatic heterocycles. The average Bonchev–Trinajstić information content (AvgIpc) is 2.78. The second-order valence-corrected chi connectivity index (χ2v) is 9.13. The first-order chi connectivity index (χ1) is 16.1. The molecule has 174 valence electrons. The van der Waals surface area contributed by atoms with E-state index in [0.29, 0.717) is 11.1 Å². The highest BCUT2D eigenvalue weighted by molar-refractivity contribution is 6.10. The van der Waals surface area contributed by atoms with E-state index in [2.05, 4.69) is 5.32 Å². The van der Waals surface area contributed by atoms with E-state index >= 15 is 0 Å². The van der Waals surface area contributed by atoms with Crippen LogP contribution in [0.1, 0.15) is 27.7 Å². The molecule has 1 atom stereocenters. The first-order valence-electron chi connectivity index (χ1n) is 11.1. The van der Waals surface area contributed by atoms with Gasteiger partial charge in [0.05, 0.1) is 0 Å². The van der Waals surface area contributed by atoms with Crippen molar-refractivity contribution >= 4 is 33.6 Å². The summed E-state index contributed by atoms with van der Waals surface area (Å²) >= 11 is 0. The van der Waals surface area contributed by atoms with Crippen LogP contribution in [0.25, 0.3) is 32.7 Å². The Balaban J connectivity index is 1.78. The molecule has 0 spiro atoms. The van der Waals surface area contributed by atoms with Gasteiger partial charge in [0, 0.05) is 11.1 Å². The average molecular weight is 458 g/mol. The number of phenolic OH excluding ortho intramolecular Hbond substituents is 1. The Labute approximate surface area is 198 Å². The van der Waals surface area contributed by atoms with Crippen molar-refractivity contribution in [2.24, 2.45) is 0 Å². The maximum absolute atomic E-state index is 12.9. The highest BCUT2D eigenvalue weighted by atomic mass is 16.6. The van der Waals surface area contributed by atoms with E-state index in [1.165, 1.54) is 6.92 Å². The number of esters is 1. The zero-order valence-electron chi connectivity index (χ0n) is 19.6. The van der Waals surface area contributed by atoms with Crippen LogP contribution in [0.15, 0.2) is 72.8 Å². The summed E-state index contributed by atoms with van der Waals surface area (Å²) in [6.45, 7) is 6.76. The number of ether oxygens (including phenoxy) is 2. The maximum atomic E-state index is 12.9. The van der Waals surface area contributed by atoms with E-state index in [-0.39, 0.29) is 11.5 Å². The van der Waals surface area contributed by atoms with Crippen molar-refractivity contribution in [3.05, 3.63) is 72.8 Å². The van der Waals surface area contributed by atoms with Gasteiger partial charge in [0.1, 0.15) is 23.1 Å². The van der Waals surface area contributed by atoms with E-state index in [4.69, 9.17) is 9.47 Å². The summed E-state index contributed by atoms with van der Waals surface area (Å²) in [7, 11) is 0. The Kier molecular flexibility index (Phi) is 6.16. The van der Waals surface area contributed by atoms with Gasteiger partial charge in [-0.15, -0.1) is 0 Å². The molecule has 6 nitrogen and oxygen atoms in total. The number of carbonyl (C=O) groups is 2. The van der Waals surface area contributed by atoms with Gasteiger partial charge in [-0.25, -0.2) is 9.59 Å². The Morgan fingerprint density at radius 3 is 2.00 bits per heavy atom. The number of hydrogen-bond acceptors (Lipinski definition) is 5. The smallest absolute Gasteiger partial charge is 0.408 e. The zero-order chi connectivity index (χ0) is 24.5. The van der Waals surface area contributed by atoms with Crippen molar-refractivity contribution in [2.45, 2.75) is 39.3 Å². The van der Waals surface area contributed by atoms with Crippen molar-refractivity contribution < 1.29 is 24.2 Å². The number of phenols is 1. The second kappa shape index (κ2) is 9.06. The van der Waals surface area contributed by atoms with E-state index in [9.17, 15) is 14.7 Å². The van der Waals surface area contributed by atoms with Crippen LogP contribution in [0.5, 0.6) is 11.5 Å². The highest BCUT2D eigenvalue weighted by Crippen LogP contribution is 2.45. The van der Waals surface area contributed by atoms with Gasteiger partial charge >= 0.3 is 12.1 Å². The van der Waals surface area contributed by atoms with Crippen molar-refractivity contribution in [1.82, 2.24) is 5.32 Å². The molecule has 4 aromatic carbocycles. The fourth-order valence-corrected chi connectivity index (χ4v) is 3.86. The number of benzene rings is 4. The van der Waals surface area contributed by atoms with E-state index < -0.39 is 23.7 Å². The van der Waals surface area contributed by atoms with Gasteiger partial charge in [-0.2, -0.15) is 0 Å². The number of nitrogens with one attached hydrogen (secondary N) is 1. The topological polar surface area (TPSA) is 84.9 Å². The lowest BCUT2D eigenvalue weighted by Crippen LogP contribution is -2.43. The Hall–Kier alpha value is -4.06. The van der Waals surface area contributed by atoms with E-state index in [0.717, 1.165) is 21.5 Å². The van der Waals surface area contributed by atoms with Gasteiger partial charge in [-0.1, -0.05) is 60.7 Å². The fraction of sp³-hybridized carbons (Fsp3) is 0.214. The highest BCUT2D eigenvalue weighted by Gasteiger charge is 2.25. The lowest BCUT2D eigenvalue weighted by atomic mass is 9.92. The molecule has 4 aromatic rings. The summed E-state index contributed by atoms with van der Waals surface area (Å²) in [6, 6.07) is 21.5. The molecule has 0 aliphatic carbocycles. The first kappa shape index (κ1) is 23.1. The van der Waals surface area contributed by atoms with Gasteiger partial charge < -0.3 is 19.9 Å². The molecule has 0 aromatic heterocycles. The van der Waals surface area contributed by atoms with Gasteiger partial charge in [0.2, 0.25) is 0 Å². The minimum atomic E-state index is -0.949. The number of rotatable bonds is 4. The molecule has 0 heterocycles. The van der Waals surface area contributed by atoms with Crippen molar-refractivity contribution in [2.75, 3.05) is 0 Å². The monoisotopic (exact) mass is 457 g/mol. The van der Waals surface area contributed by atoms with Crippen molar-refractivity contribution in [3.63, 3.8) is 0 Å². The summed E-state index contributed by atoms with van der Waals surface area (Å²) in [4.78, 5) is 25.0. The molecule has 0 fully saturated rings. The number of hydrogen-bond donors (Lipinski definition) is 2. The van der Waals surface area contributed by atoms with Crippen LogP contribution in [0.2, 0.25) is 0 Å². The van der Waals surface area contributed by atoms with Crippen LogP contribution in [0.3, 0.4) is 0 Å². The molecule has 2 N–H and O–H groups in total. The first-order valence-corrected chi connectivity index (χ1v) is 11.1. The summed E-state index contributed by atoms with van der Waals surface area (Å²) in [6.07, 6.45) is -0.706. The molecule has 0 saturated carbocycles. The Morgan fingerprint density at radius 2 is 1.38 bits per heavy atom. The number of fused-ring (bicyclic) bond motifs is 2. The van der Waals surface area contributed by atoms with Crippen LogP contribution >= 0.6 is 0 Å². The molecule has 0 bridgehead atoms. The molecule has 0 aliphatic rings. The van der Waals surface area contributed by atoms with Gasteiger partial charge in [0.15, 0.2) is 0 Å². The molecule has 34 heavy (non-hydrogen) atoms. The molecule has 4 rings (SSSR count). The maximum Gasteiger partial charge on any atom is 0.408 e. The molecular weight excluding hydrogens is 430 g/mol. The largest absolute Gasteiger partial charge is 0.507 e. The summed E-state index contributed by atoms with van der Waals surface area (Å²) in [5.41, 5.74) is 0.487. The third kappa shape index (κ3) is 4.81. The predicted molar refractivity (Wildman–Crippen MR) is 133 cm³/mol. The lowest BCUT2D eigenvalue weighted by Gasteiger charge is -2.22. The number of alkyl carbamates (subject to hydrolysis) is 1. The number of aromatic hydroxyl groups is 1. The second-order valence-electron chi connectivity index (χ2n) is 9.13. The standard InChI is InChI=1S/C28H27NO5/c1-17(29-27(32)34-28(2,3)4)26(31)33-23-16-14-19-10-6-8-12-21(19)25(23)24-20-11-7-5-9-18(20)13-15-22(24)30/h5-17,30H,1-4H3,(H,29,32)/t17-/m0/s1. The molecule has 1 amide bonds. The van der Waals surface area contributed by atoms with Gasteiger partial charge in [-0.05, 0) is 61.4 Å². The zero-order valence-corrected chi connectivity index (χ0v) is 19.6. The molecular formula is C28H27NO5. The number of amides is 1. The van der Waals surface area contributed by atoms with Crippen molar-refractivity contribution in [3.8, 4) is 22.6 Å². The number of carbonyl (C=O) groups excluding carboxylic acids is 2. The minimum absolute atomic E-state index is 0.0762. The molecule has 6 heteroatoms. The quantitative estimate of drug-likeness (QED) is 0.282. The summed E-state index contributed by atoms with van der Waals surface area (Å²) in [5, 5.41) is 16.9. The van der Waals surface area contributed by atoms with Crippen LogP contribution in [0, 0.1) is 0 Å². The Bertz CT molecular complexity index is 1390. The molecule has 0 unspecified atom stereocenters. The van der Waals surface area contributed by atoms with Crippen LogP contribution in [-0.4, -0.2) is 28.8 Å². The SMILES string of the molecule is C[C@H](NC(=O)OC(C)(C)C)C(=O)Oc1ccc2ccccc2c1-c1c(O)ccc2ccccc12. The van der Waals surface area contributed by atoms with Crippen LogP contribution in [0.4, 0.5) is 4.79 Å². The Morgan fingerprint density at radius 1 is 0.824 bits per heavy atom. The van der Waals surface area contributed by atoms with Gasteiger partial charge in [0.25, 0.3) is 0 Å². The minimum Gasteiger partial charge on any atom is -0.507 e. The summed E-state index contributed by atoms with van der Waals surface area (Å²) in [5.74, 6) is -0.289. The van der Waals surface area contributed by atoms with Crippen LogP contribution in [-0.2, 0) is 9.53 Å². The van der Waals surface area contributed by atoms with Gasteiger partial charge in [-0.3, -0.25) is 0 Å². The van der Waals surface area contributed by atoms with E-state index in [1.54, 1.807) is 32.9 Å². The fourth-order valence-electron chi connectivity index (χ4n) is 3.86. The molecule has 0 saturated heterocycles.